The Morgan fingerprint density at radius 2 is 2.18 bits per heavy atom. The molecule has 1 N–H and O–H groups in total. The van der Waals surface area contributed by atoms with Crippen LogP contribution in [0.3, 0.4) is 0 Å². The van der Waals surface area contributed by atoms with Crippen LogP contribution in [-0.4, -0.2) is 29.9 Å². The summed E-state index contributed by atoms with van der Waals surface area (Å²) in [6, 6.07) is 2.45. The fourth-order valence-electron chi connectivity index (χ4n) is 1.55. The maximum Gasteiger partial charge on any atom is 0.343 e. The highest BCUT2D eigenvalue weighted by Crippen LogP contribution is 2.30. The molecule has 1 rings (SSSR count). The van der Waals surface area contributed by atoms with Crippen LogP contribution in [-0.2, 0) is 9.53 Å². The first kappa shape index (κ1) is 18.6. The largest absolute Gasteiger partial charge is 0.506 e. The third kappa shape index (κ3) is 4.81. The Balaban J connectivity index is 3.48. The molecule has 1 aromatic carbocycles. The van der Waals surface area contributed by atoms with Gasteiger partial charge in [0.25, 0.3) is 0 Å². The lowest BCUT2D eigenvalue weighted by molar-refractivity contribution is -0.137. The van der Waals surface area contributed by atoms with Gasteiger partial charge in [-0.05, 0) is 32.9 Å². The number of esters is 1. The molecule has 0 bridgehead atoms. The van der Waals surface area contributed by atoms with Gasteiger partial charge in [-0.15, -0.1) is 0 Å². The molecule has 0 unspecified atom stereocenters. The van der Waals surface area contributed by atoms with E-state index in [2.05, 4.69) is 20.9 Å². The number of hydrogen-bond donors (Lipinski definition) is 1. The van der Waals surface area contributed by atoms with E-state index >= 15 is 0 Å². The molecule has 0 aliphatic carbocycles. The number of carbonyl (C=O) groups is 1. The number of carbonyl (C=O) groups excluding carboxylic acids is 1. The molecular weight excluding hydrogens is 377 g/mol. The lowest BCUT2D eigenvalue weighted by Gasteiger charge is -2.10. The molecule has 0 aliphatic heterocycles. The second kappa shape index (κ2) is 8.29. The Kier molecular flexibility index (Phi) is 7.03. The van der Waals surface area contributed by atoms with Crippen molar-refractivity contribution in [3.63, 3.8) is 0 Å². The highest BCUT2D eigenvalue weighted by molar-refractivity contribution is 9.10. The fraction of sp³-hybridized carbons (Fsp3) is 0.333. The van der Waals surface area contributed by atoms with Crippen molar-refractivity contribution in [1.29, 1.82) is 0 Å². The summed E-state index contributed by atoms with van der Waals surface area (Å²) in [7, 11) is 0. The number of rotatable bonds is 5. The molecule has 1 aromatic rings. The zero-order valence-corrected chi connectivity index (χ0v) is 14.7. The summed E-state index contributed by atoms with van der Waals surface area (Å²) in [5.41, 5.74) is -0.526. The van der Waals surface area contributed by atoms with Gasteiger partial charge in [0.2, 0.25) is 0 Å². The van der Waals surface area contributed by atoms with E-state index in [0.717, 1.165) is 12.3 Å². The first-order valence-electron chi connectivity index (χ1n) is 6.56. The molecule has 120 valence electrons. The number of ether oxygens (including phenoxy) is 1. The van der Waals surface area contributed by atoms with Crippen molar-refractivity contribution in [1.82, 2.24) is 0 Å². The third-order valence-electron chi connectivity index (χ3n) is 2.50. The van der Waals surface area contributed by atoms with Crippen molar-refractivity contribution in [3.8, 4) is 0 Å². The normalized spacial score (nSPS) is 12.7. The Labute approximate surface area is 141 Å². The summed E-state index contributed by atoms with van der Waals surface area (Å²) in [5.74, 6) is -2.18. The first-order chi connectivity index (χ1) is 10.3. The van der Waals surface area contributed by atoms with E-state index in [9.17, 15) is 14.3 Å². The van der Waals surface area contributed by atoms with Crippen molar-refractivity contribution < 1.29 is 19.0 Å². The van der Waals surface area contributed by atoms with Crippen LogP contribution in [0.15, 0.2) is 27.2 Å². The van der Waals surface area contributed by atoms with Crippen LogP contribution in [0, 0.1) is 5.82 Å². The zero-order chi connectivity index (χ0) is 16.9. The van der Waals surface area contributed by atoms with Crippen molar-refractivity contribution in [2.45, 2.75) is 26.8 Å². The third-order valence-corrected chi connectivity index (χ3v) is 3.25. The van der Waals surface area contributed by atoms with E-state index in [1.807, 2.05) is 0 Å². The van der Waals surface area contributed by atoms with E-state index in [-0.39, 0.29) is 28.8 Å². The summed E-state index contributed by atoms with van der Waals surface area (Å²) >= 11 is 9.05. The Morgan fingerprint density at radius 3 is 2.68 bits per heavy atom. The van der Waals surface area contributed by atoms with Crippen LogP contribution in [0.25, 0.3) is 5.76 Å². The van der Waals surface area contributed by atoms with Gasteiger partial charge >= 0.3 is 5.97 Å². The predicted octanol–water partition coefficient (Wildman–Crippen LogP) is 4.55. The van der Waals surface area contributed by atoms with E-state index < -0.39 is 17.5 Å². The SMILES string of the molecule is CCOC(=O)C(C=NC(C)C)=C(O)c1c(F)cc(Br)cc1Cl. The molecule has 0 aliphatic rings. The van der Waals surface area contributed by atoms with Crippen LogP contribution >= 0.6 is 27.5 Å². The van der Waals surface area contributed by atoms with Crippen LogP contribution in [0.2, 0.25) is 5.02 Å². The number of aliphatic imine (C=N–C) groups is 1. The number of aliphatic hydroxyl groups excluding tert-OH is 1. The number of benzene rings is 1. The Hall–Kier alpha value is -1.40. The van der Waals surface area contributed by atoms with E-state index in [0.29, 0.717) is 4.47 Å². The fourth-order valence-corrected chi connectivity index (χ4v) is 2.41. The topological polar surface area (TPSA) is 58.9 Å². The highest BCUT2D eigenvalue weighted by Gasteiger charge is 2.21. The Bertz CT molecular complexity index is 606. The highest BCUT2D eigenvalue weighted by atomic mass is 79.9. The molecule has 0 atom stereocenters. The average molecular weight is 393 g/mol. The van der Waals surface area contributed by atoms with Crippen LogP contribution in [0.1, 0.15) is 26.3 Å². The molecule has 0 amide bonds. The molecule has 7 heteroatoms. The maximum atomic E-state index is 14.1. The molecular formula is C15H16BrClFNO3. The van der Waals surface area contributed by atoms with Crippen LogP contribution in [0.5, 0.6) is 0 Å². The predicted molar refractivity (Wildman–Crippen MR) is 88.9 cm³/mol. The number of halogens is 3. The second-order valence-electron chi connectivity index (χ2n) is 4.60. The monoisotopic (exact) mass is 391 g/mol. The van der Waals surface area contributed by atoms with Gasteiger partial charge in [-0.1, -0.05) is 27.5 Å². The molecule has 0 radical (unpaired) electrons. The molecule has 0 fully saturated rings. The van der Waals surface area contributed by atoms with Crippen LogP contribution in [0.4, 0.5) is 4.39 Å². The second-order valence-corrected chi connectivity index (χ2v) is 5.92. The lowest BCUT2D eigenvalue weighted by Crippen LogP contribution is -2.12. The molecule has 0 saturated carbocycles. The van der Waals surface area contributed by atoms with Gasteiger partial charge in [0, 0.05) is 16.7 Å². The minimum atomic E-state index is -0.803. The van der Waals surface area contributed by atoms with Gasteiger partial charge in [0.1, 0.15) is 17.1 Å². The zero-order valence-electron chi connectivity index (χ0n) is 12.4. The van der Waals surface area contributed by atoms with E-state index in [4.69, 9.17) is 16.3 Å². The molecule has 22 heavy (non-hydrogen) atoms. The average Bonchev–Trinajstić information content (AvgIpc) is 2.37. The minimum Gasteiger partial charge on any atom is -0.506 e. The smallest absolute Gasteiger partial charge is 0.343 e. The van der Waals surface area contributed by atoms with Crippen LogP contribution < -0.4 is 0 Å². The van der Waals surface area contributed by atoms with Gasteiger partial charge < -0.3 is 9.84 Å². The van der Waals surface area contributed by atoms with Gasteiger partial charge in [-0.2, -0.15) is 0 Å². The lowest BCUT2D eigenvalue weighted by atomic mass is 10.1. The van der Waals surface area contributed by atoms with Crippen molar-refractivity contribution in [2.24, 2.45) is 4.99 Å². The first-order valence-corrected chi connectivity index (χ1v) is 7.73. The molecule has 0 saturated heterocycles. The summed E-state index contributed by atoms with van der Waals surface area (Å²) in [6.07, 6.45) is 1.16. The van der Waals surface area contributed by atoms with Gasteiger partial charge in [-0.25, -0.2) is 9.18 Å². The van der Waals surface area contributed by atoms with Crippen molar-refractivity contribution in [2.75, 3.05) is 6.61 Å². The summed E-state index contributed by atoms with van der Waals surface area (Å²) < 4.78 is 19.3. The van der Waals surface area contributed by atoms with Crippen molar-refractivity contribution in [3.05, 3.63) is 38.6 Å². The van der Waals surface area contributed by atoms with Gasteiger partial charge in [0.05, 0.1) is 17.2 Å². The quantitative estimate of drug-likeness (QED) is 0.346. The maximum absolute atomic E-state index is 14.1. The van der Waals surface area contributed by atoms with Gasteiger partial charge in [-0.3, -0.25) is 4.99 Å². The summed E-state index contributed by atoms with van der Waals surface area (Å²) in [4.78, 5) is 16.0. The molecule has 4 nitrogen and oxygen atoms in total. The number of aliphatic hydroxyl groups is 1. The standard InChI is InChI=1S/C15H16BrClFNO3/c1-4-22-15(21)10(7-19-8(2)3)14(20)13-11(17)5-9(16)6-12(13)18/h5-8,20H,4H2,1-3H3. The van der Waals surface area contributed by atoms with E-state index in [1.54, 1.807) is 20.8 Å². The Morgan fingerprint density at radius 1 is 1.55 bits per heavy atom. The van der Waals surface area contributed by atoms with E-state index in [1.165, 1.54) is 6.07 Å². The van der Waals surface area contributed by atoms with Gasteiger partial charge in [0.15, 0.2) is 0 Å². The summed E-state index contributed by atoms with van der Waals surface area (Å²) in [5, 5.41) is 10.3. The molecule has 0 heterocycles. The number of hydrogen-bond acceptors (Lipinski definition) is 4. The van der Waals surface area contributed by atoms with Crippen molar-refractivity contribution >= 4 is 45.5 Å². The number of nitrogens with zero attached hydrogens (tertiary/aromatic N) is 1. The molecule has 0 spiro atoms. The molecule has 0 aromatic heterocycles. The minimum absolute atomic E-state index is 0.0379. The summed E-state index contributed by atoms with van der Waals surface area (Å²) in [6.45, 7) is 5.33.